The van der Waals surface area contributed by atoms with Crippen molar-refractivity contribution in [3.05, 3.63) is 92.3 Å². The zero-order valence-electron chi connectivity index (χ0n) is 17.4. The fourth-order valence-corrected chi connectivity index (χ4v) is 6.18. The molecule has 0 fully saturated rings. The van der Waals surface area contributed by atoms with E-state index in [4.69, 9.17) is 4.74 Å². The van der Waals surface area contributed by atoms with Crippen LogP contribution in [-0.4, -0.2) is 22.2 Å². The second-order valence-corrected chi connectivity index (χ2v) is 10.3. The van der Waals surface area contributed by atoms with E-state index in [0.717, 1.165) is 15.8 Å². The fourth-order valence-electron chi connectivity index (χ4n) is 3.59. The third-order valence-corrected chi connectivity index (χ3v) is 7.31. The first-order valence-corrected chi connectivity index (χ1v) is 12.5. The van der Waals surface area contributed by atoms with Crippen molar-refractivity contribution in [2.24, 2.45) is 4.99 Å². The van der Waals surface area contributed by atoms with E-state index in [1.807, 2.05) is 22.6 Å². The summed E-state index contributed by atoms with van der Waals surface area (Å²) in [5, 5.41) is 10.5. The van der Waals surface area contributed by atoms with Gasteiger partial charge in [-0.2, -0.15) is 0 Å². The van der Waals surface area contributed by atoms with E-state index in [9.17, 15) is 19.1 Å². The summed E-state index contributed by atoms with van der Waals surface area (Å²) in [6.07, 6.45) is 1.59. The first-order chi connectivity index (χ1) is 15.7. The Bertz CT molecular complexity index is 1480. The molecule has 1 aromatic heterocycles. The van der Waals surface area contributed by atoms with Gasteiger partial charge in [0.05, 0.1) is 32.0 Å². The van der Waals surface area contributed by atoms with Gasteiger partial charge < -0.3 is 9.84 Å². The highest BCUT2D eigenvalue weighted by Crippen LogP contribution is 2.31. The van der Waals surface area contributed by atoms with Gasteiger partial charge in [-0.15, -0.1) is 0 Å². The molecule has 4 rings (SSSR count). The third kappa shape index (κ3) is 4.56. The van der Waals surface area contributed by atoms with Crippen molar-refractivity contribution in [2.45, 2.75) is 19.9 Å². The van der Waals surface area contributed by atoms with Crippen molar-refractivity contribution in [3.63, 3.8) is 0 Å². The van der Waals surface area contributed by atoms with Crippen LogP contribution >= 0.6 is 49.9 Å². The number of esters is 1. The van der Waals surface area contributed by atoms with Crippen molar-refractivity contribution in [1.29, 1.82) is 0 Å². The third-order valence-electron chi connectivity index (χ3n) is 5.05. The minimum Gasteiger partial charge on any atom is -0.506 e. The molecule has 0 spiro atoms. The molecule has 0 unspecified atom stereocenters. The molecule has 0 saturated carbocycles. The summed E-state index contributed by atoms with van der Waals surface area (Å²) in [5.74, 6) is -0.950. The topological polar surface area (TPSA) is 80.9 Å². The van der Waals surface area contributed by atoms with E-state index in [2.05, 4.69) is 20.9 Å². The van der Waals surface area contributed by atoms with Crippen molar-refractivity contribution >= 4 is 61.9 Å². The largest absolute Gasteiger partial charge is 0.506 e. The SMILES string of the molecule is CCOC(=O)C1=C(C)N=c2s/c(=C\c3cc(Br)cc(I)c3O)c(=O)n2[C@@H]1c1ccc(F)cc1. The molecule has 0 radical (unpaired) electrons. The number of phenols is 1. The van der Waals surface area contributed by atoms with Gasteiger partial charge >= 0.3 is 5.97 Å². The van der Waals surface area contributed by atoms with Crippen LogP contribution in [0.25, 0.3) is 6.08 Å². The molecule has 0 saturated heterocycles. The van der Waals surface area contributed by atoms with Gasteiger partial charge in [-0.3, -0.25) is 9.36 Å². The van der Waals surface area contributed by atoms with E-state index in [0.29, 0.717) is 29.7 Å². The summed E-state index contributed by atoms with van der Waals surface area (Å²) in [5.41, 5.74) is 1.30. The number of ether oxygens (including phenoxy) is 1. The number of carbonyl (C=O) groups excluding carboxylic acids is 1. The van der Waals surface area contributed by atoms with Crippen LogP contribution in [-0.2, 0) is 9.53 Å². The zero-order chi connectivity index (χ0) is 23.9. The number of thiazole rings is 1. The second kappa shape index (κ2) is 9.51. The number of halogens is 3. The lowest BCUT2D eigenvalue weighted by molar-refractivity contribution is -0.139. The van der Waals surface area contributed by atoms with Gasteiger partial charge in [0.2, 0.25) is 0 Å². The highest BCUT2D eigenvalue weighted by Gasteiger charge is 2.33. The van der Waals surface area contributed by atoms with E-state index >= 15 is 0 Å². The number of rotatable bonds is 4. The number of carbonyl (C=O) groups is 1. The van der Waals surface area contributed by atoms with Gasteiger partial charge in [-0.25, -0.2) is 14.2 Å². The number of phenolic OH excluding ortho intramolecular Hbond substituents is 1. The van der Waals surface area contributed by atoms with Crippen LogP contribution in [0.3, 0.4) is 0 Å². The summed E-state index contributed by atoms with van der Waals surface area (Å²) in [6.45, 7) is 3.54. The second-order valence-electron chi connectivity index (χ2n) is 7.18. The summed E-state index contributed by atoms with van der Waals surface area (Å²) in [7, 11) is 0. The van der Waals surface area contributed by atoms with E-state index in [1.165, 1.54) is 28.8 Å². The highest BCUT2D eigenvalue weighted by atomic mass is 127. The van der Waals surface area contributed by atoms with Crippen LogP contribution in [0.2, 0.25) is 0 Å². The first-order valence-electron chi connectivity index (χ1n) is 9.84. The average molecular weight is 643 g/mol. The minimum absolute atomic E-state index is 0.0584. The highest BCUT2D eigenvalue weighted by molar-refractivity contribution is 14.1. The minimum atomic E-state index is -0.820. The summed E-state index contributed by atoms with van der Waals surface area (Å²) in [6, 6.07) is 8.30. The summed E-state index contributed by atoms with van der Waals surface area (Å²) < 4.78 is 22.0. The predicted molar refractivity (Wildman–Crippen MR) is 135 cm³/mol. The predicted octanol–water partition coefficient (Wildman–Crippen LogP) is 4.01. The maximum Gasteiger partial charge on any atom is 0.338 e. The molecule has 6 nitrogen and oxygen atoms in total. The van der Waals surface area contributed by atoms with Gasteiger partial charge in [-0.1, -0.05) is 39.4 Å². The number of hydrogen-bond acceptors (Lipinski definition) is 6. The molecule has 1 atom stereocenters. The van der Waals surface area contributed by atoms with Gasteiger partial charge in [0, 0.05) is 10.0 Å². The van der Waals surface area contributed by atoms with Crippen molar-refractivity contribution in [3.8, 4) is 5.75 Å². The van der Waals surface area contributed by atoms with E-state index in [1.54, 1.807) is 32.1 Å². The molecule has 10 heteroatoms. The maximum atomic E-state index is 13.6. The Morgan fingerprint density at radius 3 is 2.73 bits per heavy atom. The number of aromatic nitrogens is 1. The van der Waals surface area contributed by atoms with E-state index < -0.39 is 17.8 Å². The van der Waals surface area contributed by atoms with Crippen molar-refractivity contribution in [2.75, 3.05) is 6.61 Å². The molecular formula is C23H17BrFIN2O4S. The molecule has 2 heterocycles. The van der Waals surface area contributed by atoms with Gasteiger partial charge in [-0.05, 0) is 72.3 Å². The molecule has 1 aliphatic heterocycles. The summed E-state index contributed by atoms with van der Waals surface area (Å²) in [4.78, 5) is 31.2. The molecule has 0 aliphatic carbocycles. The molecule has 170 valence electrons. The molecular weight excluding hydrogens is 626 g/mol. The Kier molecular flexibility index (Phi) is 6.87. The normalized spacial score (nSPS) is 15.9. The lowest BCUT2D eigenvalue weighted by Crippen LogP contribution is -2.39. The standard InChI is InChI=1S/C23H17BrFIN2O4S/c1-3-32-22(31)18-11(2)27-23-28(19(18)12-4-6-15(25)7-5-12)21(30)17(33-23)9-13-8-14(24)10-16(26)20(13)29/h4-10,19,29H,3H2,1-2H3/b17-9-/t19-/m1/s1. The summed E-state index contributed by atoms with van der Waals surface area (Å²) >= 11 is 6.56. The number of hydrogen-bond donors (Lipinski definition) is 1. The Labute approximate surface area is 214 Å². The smallest absolute Gasteiger partial charge is 0.338 e. The van der Waals surface area contributed by atoms with Gasteiger partial charge in [0.1, 0.15) is 11.6 Å². The molecule has 0 bridgehead atoms. The number of benzene rings is 2. The van der Waals surface area contributed by atoms with Gasteiger partial charge in [0.15, 0.2) is 4.80 Å². The maximum absolute atomic E-state index is 13.6. The molecule has 3 aromatic rings. The number of aromatic hydroxyl groups is 1. The molecule has 1 N–H and O–H groups in total. The Balaban J connectivity index is 1.98. The zero-order valence-corrected chi connectivity index (χ0v) is 22.0. The monoisotopic (exact) mass is 642 g/mol. The lowest BCUT2D eigenvalue weighted by Gasteiger charge is -2.24. The Hall–Kier alpha value is -2.31. The van der Waals surface area contributed by atoms with Crippen molar-refractivity contribution < 1.29 is 19.0 Å². The molecule has 33 heavy (non-hydrogen) atoms. The van der Waals surface area contributed by atoms with Gasteiger partial charge in [0.25, 0.3) is 5.56 Å². The van der Waals surface area contributed by atoms with Crippen LogP contribution < -0.4 is 14.9 Å². The Morgan fingerprint density at radius 1 is 1.36 bits per heavy atom. The van der Waals surface area contributed by atoms with Crippen LogP contribution in [0, 0.1) is 9.39 Å². The molecule has 1 aliphatic rings. The number of fused-ring (bicyclic) bond motifs is 1. The van der Waals surface area contributed by atoms with Crippen LogP contribution in [0.15, 0.2) is 61.9 Å². The van der Waals surface area contributed by atoms with E-state index in [-0.39, 0.29) is 23.5 Å². The average Bonchev–Trinajstić information content (AvgIpc) is 3.06. The quantitative estimate of drug-likeness (QED) is 0.345. The van der Waals surface area contributed by atoms with Crippen molar-refractivity contribution in [1.82, 2.24) is 4.57 Å². The number of nitrogens with zero attached hydrogens (tertiary/aromatic N) is 2. The molecule has 0 amide bonds. The van der Waals surface area contributed by atoms with Crippen LogP contribution in [0.5, 0.6) is 5.75 Å². The first kappa shape index (κ1) is 23.8. The number of allylic oxidation sites excluding steroid dienone is 1. The fraction of sp³-hybridized carbons (Fsp3) is 0.174. The molecule has 2 aromatic carbocycles. The lowest BCUT2D eigenvalue weighted by atomic mass is 9.96. The van der Waals surface area contributed by atoms with Crippen LogP contribution in [0.4, 0.5) is 4.39 Å². The van der Waals surface area contributed by atoms with Crippen LogP contribution in [0.1, 0.15) is 31.0 Å². The Morgan fingerprint density at radius 2 is 2.06 bits per heavy atom.